The highest BCUT2D eigenvalue weighted by molar-refractivity contribution is 5.99. The number of aryl methyl sites for hydroxylation is 1. The van der Waals surface area contributed by atoms with Crippen LogP contribution in [0.15, 0.2) is 35.1 Å². The van der Waals surface area contributed by atoms with E-state index in [4.69, 9.17) is 0 Å². The third kappa shape index (κ3) is 3.82. The lowest BCUT2D eigenvalue weighted by Crippen LogP contribution is -2.38. The molecule has 3 rings (SSSR count). The third-order valence-corrected chi connectivity index (χ3v) is 4.74. The number of ketones is 1. The third-order valence-electron chi connectivity index (χ3n) is 4.74. The fourth-order valence-electron chi connectivity index (χ4n) is 3.41. The van der Waals surface area contributed by atoms with Gasteiger partial charge in [0.05, 0.1) is 0 Å². The molecular weight excluding hydrogens is 342 g/mol. The van der Waals surface area contributed by atoms with Gasteiger partial charge in [0.15, 0.2) is 5.78 Å². The molecule has 1 aromatic heterocycles. The number of carbonyl (C=O) groups excluding carboxylic acids is 2. The van der Waals surface area contributed by atoms with Crippen molar-refractivity contribution in [2.75, 3.05) is 5.32 Å². The first-order valence-corrected chi connectivity index (χ1v) is 8.77. The number of aromatic nitrogens is 1. The molecule has 27 heavy (non-hydrogen) atoms. The number of nitriles is 1. The van der Waals surface area contributed by atoms with Crippen molar-refractivity contribution in [1.29, 1.82) is 5.26 Å². The number of carbonyl (C=O) groups is 2. The number of hydrogen-bond acceptors (Lipinski definition) is 4. The molecule has 1 aliphatic carbocycles. The van der Waals surface area contributed by atoms with Crippen LogP contribution in [0.1, 0.15) is 47.4 Å². The molecule has 6 nitrogen and oxygen atoms in total. The molecule has 6 heteroatoms. The van der Waals surface area contributed by atoms with Gasteiger partial charge in [-0.05, 0) is 37.0 Å². The van der Waals surface area contributed by atoms with Crippen molar-refractivity contribution >= 4 is 17.4 Å². The van der Waals surface area contributed by atoms with Gasteiger partial charge in [0.25, 0.3) is 5.56 Å². The van der Waals surface area contributed by atoms with E-state index >= 15 is 0 Å². The Morgan fingerprint density at radius 2 is 1.89 bits per heavy atom. The van der Waals surface area contributed by atoms with Crippen molar-refractivity contribution in [3.05, 3.63) is 63.1 Å². The van der Waals surface area contributed by atoms with E-state index in [0.717, 1.165) is 5.56 Å². The van der Waals surface area contributed by atoms with Crippen LogP contribution in [0, 0.1) is 23.7 Å². The number of anilines is 1. The first kappa shape index (κ1) is 18.6. The van der Waals surface area contributed by atoms with Gasteiger partial charge in [-0.3, -0.25) is 14.4 Å². The Balaban J connectivity index is 1.99. The number of nitrogens with one attached hydrogen (secondary N) is 1. The molecule has 1 amide bonds. The van der Waals surface area contributed by atoms with Gasteiger partial charge in [0.2, 0.25) is 5.91 Å². The molecule has 0 spiro atoms. The molecule has 1 N–H and O–H groups in total. The van der Waals surface area contributed by atoms with Gasteiger partial charge in [-0.25, -0.2) is 0 Å². The van der Waals surface area contributed by atoms with E-state index in [1.165, 1.54) is 10.6 Å². The van der Waals surface area contributed by atoms with E-state index < -0.39 is 5.56 Å². The van der Waals surface area contributed by atoms with Crippen LogP contribution >= 0.6 is 0 Å². The van der Waals surface area contributed by atoms with Crippen LogP contribution in [0.3, 0.4) is 0 Å². The number of Topliss-reactive ketones (excluding diaryl/α,β-unsaturated/α-hetero) is 1. The molecule has 1 heterocycles. The first-order valence-electron chi connectivity index (χ1n) is 8.77. The molecule has 0 saturated carbocycles. The highest BCUT2D eigenvalue weighted by Crippen LogP contribution is 2.34. The summed E-state index contributed by atoms with van der Waals surface area (Å²) in [5.41, 5.74) is 1.62. The van der Waals surface area contributed by atoms with E-state index in [1.807, 2.05) is 39.0 Å². The largest absolute Gasteiger partial charge is 0.325 e. The molecule has 0 bridgehead atoms. The second-order valence-corrected chi connectivity index (χ2v) is 7.78. The summed E-state index contributed by atoms with van der Waals surface area (Å²) in [6.45, 7) is 5.61. The van der Waals surface area contributed by atoms with E-state index in [9.17, 15) is 19.6 Å². The average molecular weight is 363 g/mol. The van der Waals surface area contributed by atoms with Gasteiger partial charge >= 0.3 is 0 Å². The smallest absolute Gasteiger partial charge is 0.269 e. The van der Waals surface area contributed by atoms with Gasteiger partial charge in [-0.1, -0.05) is 31.5 Å². The maximum Gasteiger partial charge on any atom is 0.269 e. The van der Waals surface area contributed by atoms with Gasteiger partial charge in [0.1, 0.15) is 18.2 Å². The number of rotatable bonds is 3. The normalized spacial score (nSPS) is 15.0. The molecule has 138 valence electrons. The van der Waals surface area contributed by atoms with Crippen molar-refractivity contribution in [2.24, 2.45) is 5.41 Å². The first-order chi connectivity index (χ1) is 12.7. The topological polar surface area (TPSA) is 92.0 Å². The Morgan fingerprint density at radius 3 is 2.52 bits per heavy atom. The second-order valence-electron chi connectivity index (χ2n) is 7.78. The summed E-state index contributed by atoms with van der Waals surface area (Å²) in [4.78, 5) is 37.7. The van der Waals surface area contributed by atoms with Gasteiger partial charge in [-0.2, -0.15) is 5.26 Å². The molecule has 0 radical (unpaired) electrons. The minimum absolute atomic E-state index is 0.106. The van der Waals surface area contributed by atoms with Crippen molar-refractivity contribution in [3.63, 3.8) is 0 Å². The number of fused-ring (bicyclic) bond motifs is 1. The summed E-state index contributed by atoms with van der Waals surface area (Å²) in [7, 11) is 0. The fourth-order valence-corrected chi connectivity index (χ4v) is 3.41. The Labute approximate surface area is 157 Å². The molecule has 0 saturated heterocycles. The Kier molecular flexibility index (Phi) is 4.71. The number of benzene rings is 1. The van der Waals surface area contributed by atoms with E-state index in [-0.39, 0.29) is 29.2 Å². The number of nitrogens with zero attached hydrogens (tertiary/aromatic N) is 2. The van der Waals surface area contributed by atoms with Crippen LogP contribution in [-0.2, 0) is 17.8 Å². The highest BCUT2D eigenvalue weighted by atomic mass is 16.2. The Bertz CT molecular complexity index is 1020. The molecule has 2 aromatic rings. The maximum atomic E-state index is 12.7. The number of pyridine rings is 1. The summed E-state index contributed by atoms with van der Waals surface area (Å²) in [6, 6.07) is 10.5. The van der Waals surface area contributed by atoms with Gasteiger partial charge < -0.3 is 9.88 Å². The fraction of sp³-hybridized carbons (Fsp3) is 0.333. The zero-order chi connectivity index (χ0) is 19.8. The molecule has 1 aromatic carbocycles. The summed E-state index contributed by atoms with van der Waals surface area (Å²) in [5, 5.41) is 12.0. The molecule has 0 unspecified atom stereocenters. The molecule has 0 aliphatic heterocycles. The summed E-state index contributed by atoms with van der Waals surface area (Å²) in [5.74, 6) is -0.487. The van der Waals surface area contributed by atoms with Crippen LogP contribution in [0.2, 0.25) is 0 Å². The van der Waals surface area contributed by atoms with Gasteiger partial charge in [0, 0.05) is 23.4 Å². The molecular formula is C21H21N3O3. The van der Waals surface area contributed by atoms with Crippen molar-refractivity contribution in [1.82, 2.24) is 4.57 Å². The summed E-state index contributed by atoms with van der Waals surface area (Å²) in [6.07, 6.45) is 0.839. The number of hydrogen-bond donors (Lipinski definition) is 1. The zero-order valence-electron chi connectivity index (χ0n) is 15.6. The van der Waals surface area contributed by atoms with Crippen LogP contribution in [0.25, 0.3) is 0 Å². The van der Waals surface area contributed by atoms with Crippen LogP contribution in [0.4, 0.5) is 5.69 Å². The quantitative estimate of drug-likeness (QED) is 0.907. The Morgan fingerprint density at radius 1 is 1.22 bits per heavy atom. The lowest BCUT2D eigenvalue weighted by atomic mass is 9.75. The van der Waals surface area contributed by atoms with E-state index in [2.05, 4.69) is 5.32 Å². The van der Waals surface area contributed by atoms with Crippen molar-refractivity contribution in [3.8, 4) is 6.07 Å². The lowest BCUT2D eigenvalue weighted by molar-refractivity contribution is -0.116. The minimum Gasteiger partial charge on any atom is -0.325 e. The van der Waals surface area contributed by atoms with E-state index in [0.29, 0.717) is 29.8 Å². The number of amides is 1. The SMILES string of the molecule is Cc1ccc(NC(=O)Cn2c3c(cc(C#N)c2=O)C(=O)CC(C)(C)C3)cc1. The molecule has 0 fully saturated rings. The minimum atomic E-state index is -0.541. The second kappa shape index (κ2) is 6.84. The Hall–Kier alpha value is -3.20. The summed E-state index contributed by atoms with van der Waals surface area (Å²) < 4.78 is 1.27. The van der Waals surface area contributed by atoms with Crippen molar-refractivity contribution in [2.45, 2.75) is 40.2 Å². The van der Waals surface area contributed by atoms with Crippen LogP contribution in [0.5, 0.6) is 0 Å². The zero-order valence-corrected chi connectivity index (χ0v) is 15.6. The molecule has 0 atom stereocenters. The van der Waals surface area contributed by atoms with Gasteiger partial charge in [-0.15, -0.1) is 0 Å². The average Bonchev–Trinajstić information content (AvgIpc) is 2.59. The lowest BCUT2D eigenvalue weighted by Gasteiger charge is -2.32. The van der Waals surface area contributed by atoms with E-state index in [1.54, 1.807) is 12.1 Å². The predicted molar refractivity (Wildman–Crippen MR) is 102 cm³/mol. The van der Waals surface area contributed by atoms with Crippen LogP contribution in [-0.4, -0.2) is 16.3 Å². The monoisotopic (exact) mass is 363 g/mol. The summed E-state index contributed by atoms with van der Waals surface area (Å²) >= 11 is 0. The highest BCUT2D eigenvalue weighted by Gasteiger charge is 2.34. The predicted octanol–water partition coefficient (Wildman–Crippen LogP) is 2.82. The standard InChI is InChI=1S/C21H21N3O3/c1-13-4-6-15(7-5-13)23-19(26)12-24-17-9-21(2,3)10-18(25)16(17)8-14(11-22)20(24)27/h4-8H,9-10,12H2,1-3H3,(H,23,26). The van der Waals surface area contributed by atoms with Crippen molar-refractivity contribution < 1.29 is 9.59 Å². The van der Waals surface area contributed by atoms with Crippen LogP contribution < -0.4 is 10.9 Å². The molecule has 1 aliphatic rings. The maximum absolute atomic E-state index is 12.7.